The van der Waals surface area contributed by atoms with E-state index in [0.717, 1.165) is 28.6 Å². The predicted octanol–water partition coefficient (Wildman–Crippen LogP) is 3.66. The van der Waals surface area contributed by atoms with Crippen molar-refractivity contribution in [1.82, 2.24) is 9.71 Å². The lowest BCUT2D eigenvalue weighted by Crippen LogP contribution is -2.05. The van der Waals surface area contributed by atoms with Crippen molar-refractivity contribution in [3.8, 4) is 16.9 Å². The molecule has 2 aromatic carbocycles. The standard InChI is InChI=1S/C17H16FN3OS/c1-22-13-6-7-14-16(8-13)20-10-15(18)17(14)12-4-2-11(3-5-12)9-21-23-19/h2-8,10,21H,9,19H2,1H3. The lowest BCUT2D eigenvalue weighted by atomic mass is 9.99. The summed E-state index contributed by atoms with van der Waals surface area (Å²) >= 11 is 1.07. The van der Waals surface area contributed by atoms with E-state index in [4.69, 9.17) is 9.88 Å². The highest BCUT2D eigenvalue weighted by Gasteiger charge is 2.12. The summed E-state index contributed by atoms with van der Waals surface area (Å²) in [4.78, 5) is 4.15. The van der Waals surface area contributed by atoms with Gasteiger partial charge < -0.3 is 4.74 Å². The molecule has 3 aromatic rings. The highest BCUT2D eigenvalue weighted by Crippen LogP contribution is 2.32. The Labute approximate surface area is 138 Å². The van der Waals surface area contributed by atoms with Crippen molar-refractivity contribution in [3.05, 3.63) is 60.0 Å². The van der Waals surface area contributed by atoms with Crippen molar-refractivity contribution in [1.29, 1.82) is 0 Å². The largest absolute Gasteiger partial charge is 0.497 e. The van der Waals surface area contributed by atoms with Gasteiger partial charge in [-0.3, -0.25) is 10.1 Å². The molecule has 118 valence electrons. The number of nitrogens with one attached hydrogen (secondary N) is 1. The van der Waals surface area contributed by atoms with Crippen molar-refractivity contribution in [2.75, 3.05) is 7.11 Å². The summed E-state index contributed by atoms with van der Waals surface area (Å²) in [7, 11) is 1.60. The molecule has 0 amide bonds. The highest BCUT2D eigenvalue weighted by atomic mass is 32.2. The summed E-state index contributed by atoms with van der Waals surface area (Å²) in [5.74, 6) is 0.356. The number of ether oxygens (including phenoxy) is 1. The molecule has 4 nitrogen and oxygen atoms in total. The molecule has 3 N–H and O–H groups in total. The van der Waals surface area contributed by atoms with E-state index >= 15 is 0 Å². The molecule has 23 heavy (non-hydrogen) atoms. The first kappa shape index (κ1) is 15.7. The van der Waals surface area contributed by atoms with E-state index in [1.54, 1.807) is 13.2 Å². The molecule has 0 aliphatic carbocycles. The normalized spacial score (nSPS) is 10.9. The predicted molar refractivity (Wildman–Crippen MR) is 92.3 cm³/mol. The molecule has 0 saturated heterocycles. The Bertz CT molecular complexity index is 824. The maximum Gasteiger partial charge on any atom is 0.149 e. The quantitative estimate of drug-likeness (QED) is 0.700. The molecule has 0 fully saturated rings. The minimum Gasteiger partial charge on any atom is -0.497 e. The summed E-state index contributed by atoms with van der Waals surface area (Å²) in [6.45, 7) is 0.651. The van der Waals surface area contributed by atoms with Crippen molar-refractivity contribution in [3.63, 3.8) is 0 Å². The zero-order valence-corrected chi connectivity index (χ0v) is 13.4. The second-order valence-electron chi connectivity index (χ2n) is 5.00. The van der Waals surface area contributed by atoms with Crippen LogP contribution in [0.1, 0.15) is 5.56 Å². The summed E-state index contributed by atoms with van der Waals surface area (Å²) in [6.07, 6.45) is 1.25. The average molecular weight is 329 g/mol. The molecule has 0 spiro atoms. The maximum atomic E-state index is 14.4. The van der Waals surface area contributed by atoms with Gasteiger partial charge in [0.1, 0.15) is 11.6 Å². The maximum absolute atomic E-state index is 14.4. The lowest BCUT2D eigenvalue weighted by Gasteiger charge is -2.10. The number of benzene rings is 2. The molecular formula is C17H16FN3OS. The Morgan fingerprint density at radius 2 is 2.00 bits per heavy atom. The van der Waals surface area contributed by atoms with E-state index < -0.39 is 0 Å². The fraction of sp³-hybridized carbons (Fsp3) is 0.118. The van der Waals surface area contributed by atoms with Gasteiger partial charge in [0, 0.05) is 35.7 Å². The number of hydrogen-bond acceptors (Lipinski definition) is 5. The van der Waals surface area contributed by atoms with E-state index in [-0.39, 0.29) is 5.82 Å². The first-order chi connectivity index (χ1) is 11.2. The number of rotatable bonds is 5. The molecule has 1 heterocycles. The van der Waals surface area contributed by atoms with E-state index in [2.05, 4.69) is 9.71 Å². The topological polar surface area (TPSA) is 60.2 Å². The van der Waals surface area contributed by atoms with Gasteiger partial charge in [0.25, 0.3) is 0 Å². The van der Waals surface area contributed by atoms with Crippen LogP contribution in [-0.2, 0) is 6.54 Å². The minimum absolute atomic E-state index is 0.342. The van der Waals surface area contributed by atoms with Gasteiger partial charge in [0.15, 0.2) is 0 Å². The summed E-state index contributed by atoms with van der Waals surface area (Å²) < 4.78 is 22.5. The molecule has 0 bridgehead atoms. The van der Waals surface area contributed by atoms with Gasteiger partial charge in [-0.1, -0.05) is 24.3 Å². The van der Waals surface area contributed by atoms with Crippen molar-refractivity contribution < 1.29 is 9.13 Å². The van der Waals surface area contributed by atoms with E-state index in [9.17, 15) is 4.39 Å². The number of aromatic nitrogens is 1. The van der Waals surface area contributed by atoms with E-state index in [1.807, 2.05) is 36.4 Å². The molecule has 6 heteroatoms. The highest BCUT2D eigenvalue weighted by molar-refractivity contribution is 7.95. The SMILES string of the molecule is COc1ccc2c(-c3ccc(CNSN)cc3)c(F)cnc2c1. The number of fused-ring (bicyclic) bond motifs is 1. The van der Waals surface area contributed by atoms with Crippen molar-refractivity contribution in [2.45, 2.75) is 6.54 Å². The van der Waals surface area contributed by atoms with Gasteiger partial charge in [0.05, 0.1) is 18.8 Å². The Morgan fingerprint density at radius 1 is 1.22 bits per heavy atom. The zero-order chi connectivity index (χ0) is 16.2. The second kappa shape index (κ2) is 6.95. The van der Waals surface area contributed by atoms with Gasteiger partial charge >= 0.3 is 0 Å². The molecule has 0 aliphatic rings. The molecule has 3 rings (SSSR count). The van der Waals surface area contributed by atoms with Gasteiger partial charge in [-0.05, 0) is 23.3 Å². The van der Waals surface area contributed by atoms with Gasteiger partial charge in [-0.2, -0.15) is 0 Å². The van der Waals surface area contributed by atoms with Gasteiger partial charge in [-0.25, -0.2) is 9.11 Å². The summed E-state index contributed by atoms with van der Waals surface area (Å²) in [6, 6.07) is 13.2. The Hall–Kier alpha value is -2.15. The van der Waals surface area contributed by atoms with Gasteiger partial charge in [-0.15, -0.1) is 0 Å². The molecule has 0 aliphatic heterocycles. The first-order valence-electron chi connectivity index (χ1n) is 7.03. The average Bonchev–Trinajstić information content (AvgIpc) is 2.60. The summed E-state index contributed by atoms with van der Waals surface area (Å²) in [5, 5.41) is 6.10. The molecular weight excluding hydrogens is 313 g/mol. The Balaban J connectivity index is 2.06. The third-order valence-corrected chi connectivity index (χ3v) is 3.94. The van der Waals surface area contributed by atoms with Crippen LogP contribution in [0.15, 0.2) is 48.7 Å². The number of pyridine rings is 1. The molecule has 0 unspecified atom stereocenters. The lowest BCUT2D eigenvalue weighted by molar-refractivity contribution is 0.415. The molecule has 1 aromatic heterocycles. The smallest absolute Gasteiger partial charge is 0.149 e. The third-order valence-electron chi connectivity index (χ3n) is 3.63. The number of methoxy groups -OCH3 is 1. The van der Waals surface area contributed by atoms with Crippen LogP contribution in [-0.4, -0.2) is 12.1 Å². The van der Waals surface area contributed by atoms with Crippen LogP contribution in [0.4, 0.5) is 4.39 Å². The number of nitrogens with zero attached hydrogens (tertiary/aromatic N) is 1. The molecule has 0 saturated carbocycles. The van der Waals surface area contributed by atoms with Crippen LogP contribution in [0.2, 0.25) is 0 Å². The minimum atomic E-state index is -0.342. The van der Waals surface area contributed by atoms with Crippen LogP contribution in [0.5, 0.6) is 5.75 Å². The molecule has 0 atom stereocenters. The summed E-state index contributed by atoms with van der Waals surface area (Å²) in [5.41, 5.74) is 3.13. The van der Waals surface area contributed by atoms with Crippen LogP contribution < -0.4 is 14.6 Å². The first-order valence-corrected chi connectivity index (χ1v) is 7.91. The van der Waals surface area contributed by atoms with Crippen LogP contribution >= 0.6 is 12.1 Å². The molecule has 0 radical (unpaired) electrons. The zero-order valence-electron chi connectivity index (χ0n) is 12.5. The number of nitrogens with two attached hydrogens (primary N) is 1. The fourth-order valence-electron chi connectivity index (χ4n) is 2.48. The second-order valence-corrected chi connectivity index (χ2v) is 5.52. The third kappa shape index (κ3) is 3.29. The number of halogens is 1. The van der Waals surface area contributed by atoms with E-state index in [0.29, 0.717) is 23.4 Å². The Morgan fingerprint density at radius 3 is 2.70 bits per heavy atom. The monoisotopic (exact) mass is 329 g/mol. The fourth-order valence-corrected chi connectivity index (χ4v) is 2.73. The number of hydrogen-bond donors (Lipinski definition) is 2. The van der Waals surface area contributed by atoms with Crippen LogP contribution in [0, 0.1) is 5.82 Å². The van der Waals surface area contributed by atoms with Crippen LogP contribution in [0.25, 0.3) is 22.0 Å². The van der Waals surface area contributed by atoms with E-state index in [1.165, 1.54) is 6.20 Å². The van der Waals surface area contributed by atoms with Crippen molar-refractivity contribution in [2.24, 2.45) is 5.14 Å². The Kier molecular flexibility index (Phi) is 4.76. The van der Waals surface area contributed by atoms with Crippen LogP contribution in [0.3, 0.4) is 0 Å². The van der Waals surface area contributed by atoms with Gasteiger partial charge in [0.2, 0.25) is 0 Å². The van der Waals surface area contributed by atoms with Crippen molar-refractivity contribution >= 4 is 23.0 Å².